The molecule has 0 spiro atoms. The van der Waals surface area contributed by atoms with Gasteiger partial charge in [0.05, 0.1) is 31.0 Å². The first-order valence-electron chi connectivity index (χ1n) is 9.67. The zero-order valence-corrected chi connectivity index (χ0v) is 18.0. The predicted molar refractivity (Wildman–Crippen MR) is 122 cm³/mol. The minimum absolute atomic E-state index is 0.0949. The number of H-pyrrole nitrogens is 1. The van der Waals surface area contributed by atoms with Gasteiger partial charge in [-0.05, 0) is 41.8 Å². The van der Waals surface area contributed by atoms with Crippen molar-refractivity contribution in [2.24, 2.45) is 0 Å². The van der Waals surface area contributed by atoms with E-state index in [0.29, 0.717) is 16.7 Å². The van der Waals surface area contributed by atoms with Crippen LogP contribution in [0.4, 0.5) is 5.69 Å². The van der Waals surface area contributed by atoms with Gasteiger partial charge in [-0.3, -0.25) is 9.78 Å². The Bertz CT molecular complexity index is 1140. The van der Waals surface area contributed by atoms with E-state index in [9.17, 15) is 4.79 Å². The molecule has 8 heteroatoms. The number of methoxy groups -OCH3 is 2. The summed E-state index contributed by atoms with van der Waals surface area (Å²) in [5.74, 6) is 1.39. The molecule has 2 aromatic carbocycles. The number of thioether (sulfide) groups is 1. The van der Waals surface area contributed by atoms with Crippen LogP contribution < -0.4 is 14.8 Å². The fourth-order valence-electron chi connectivity index (χ4n) is 3.16. The summed E-state index contributed by atoms with van der Waals surface area (Å²) in [7, 11) is 3.17. The fraction of sp³-hybridized carbons (Fsp3) is 0.174. The summed E-state index contributed by atoms with van der Waals surface area (Å²) in [6, 6.07) is 15.5. The molecule has 4 aromatic rings. The zero-order valence-electron chi connectivity index (χ0n) is 17.2. The van der Waals surface area contributed by atoms with Gasteiger partial charge in [-0.25, -0.2) is 4.98 Å². The monoisotopic (exact) mass is 434 g/mol. The number of hydrogen-bond acceptors (Lipinski definition) is 6. The van der Waals surface area contributed by atoms with Crippen LogP contribution in [0, 0.1) is 0 Å². The van der Waals surface area contributed by atoms with Crippen molar-refractivity contribution in [3.05, 3.63) is 72.1 Å². The third-order valence-corrected chi connectivity index (χ3v) is 5.57. The number of amides is 1. The molecule has 2 heterocycles. The highest BCUT2D eigenvalue weighted by Gasteiger charge is 2.12. The van der Waals surface area contributed by atoms with Crippen molar-refractivity contribution in [2.75, 3.05) is 25.3 Å². The molecule has 2 N–H and O–H groups in total. The van der Waals surface area contributed by atoms with Crippen molar-refractivity contribution < 1.29 is 14.3 Å². The van der Waals surface area contributed by atoms with Gasteiger partial charge in [0.25, 0.3) is 0 Å². The highest BCUT2D eigenvalue weighted by atomic mass is 32.2. The highest BCUT2D eigenvalue weighted by Crippen LogP contribution is 2.32. The van der Waals surface area contributed by atoms with E-state index in [0.717, 1.165) is 23.1 Å². The van der Waals surface area contributed by atoms with Gasteiger partial charge < -0.3 is 19.8 Å². The summed E-state index contributed by atoms with van der Waals surface area (Å²) in [4.78, 5) is 24.1. The van der Waals surface area contributed by atoms with Crippen LogP contribution in [0.15, 0.2) is 66.1 Å². The van der Waals surface area contributed by atoms with Crippen LogP contribution in [-0.2, 0) is 11.2 Å². The lowest BCUT2D eigenvalue weighted by atomic mass is 10.1. The molecule has 0 aliphatic carbocycles. The Balaban J connectivity index is 1.33. The maximum atomic E-state index is 12.4. The Morgan fingerprint density at radius 2 is 1.68 bits per heavy atom. The second-order valence-electron chi connectivity index (χ2n) is 6.83. The van der Waals surface area contributed by atoms with Crippen molar-refractivity contribution in [3.8, 4) is 11.5 Å². The number of imidazole rings is 1. The Morgan fingerprint density at radius 3 is 2.39 bits per heavy atom. The minimum Gasteiger partial charge on any atom is -0.493 e. The molecule has 7 nitrogen and oxygen atoms in total. The number of hydrogen-bond donors (Lipinski definition) is 2. The van der Waals surface area contributed by atoms with Gasteiger partial charge in [0.15, 0.2) is 16.7 Å². The number of nitrogens with zero attached hydrogens (tertiary/aromatic N) is 2. The summed E-state index contributed by atoms with van der Waals surface area (Å²) < 4.78 is 10.6. The molecule has 158 valence electrons. The number of benzene rings is 2. The number of ether oxygens (including phenoxy) is 2. The third-order valence-electron chi connectivity index (χ3n) is 4.70. The summed E-state index contributed by atoms with van der Waals surface area (Å²) in [5, 5.41) is 3.58. The molecule has 0 bridgehead atoms. The van der Waals surface area contributed by atoms with E-state index >= 15 is 0 Å². The van der Waals surface area contributed by atoms with Crippen molar-refractivity contribution >= 4 is 34.4 Å². The molecule has 0 saturated heterocycles. The molecule has 0 aliphatic rings. The Morgan fingerprint density at radius 1 is 1.00 bits per heavy atom. The van der Waals surface area contributed by atoms with Crippen LogP contribution in [-0.4, -0.2) is 40.8 Å². The Hall–Kier alpha value is -3.52. The van der Waals surface area contributed by atoms with E-state index in [2.05, 4.69) is 20.3 Å². The number of aromatic amines is 1. The van der Waals surface area contributed by atoms with Crippen LogP contribution in [0.3, 0.4) is 0 Å². The van der Waals surface area contributed by atoms with Gasteiger partial charge >= 0.3 is 0 Å². The van der Waals surface area contributed by atoms with Crippen LogP contribution in [0.5, 0.6) is 11.5 Å². The van der Waals surface area contributed by atoms with Gasteiger partial charge in [-0.2, -0.15) is 0 Å². The average Bonchev–Trinajstić information content (AvgIpc) is 3.20. The summed E-state index contributed by atoms with van der Waals surface area (Å²) in [5.41, 5.74) is 4.72. The van der Waals surface area contributed by atoms with Crippen LogP contribution in [0.1, 0.15) is 11.1 Å². The number of anilines is 1. The first kappa shape index (κ1) is 20.7. The Labute approximate surface area is 184 Å². The largest absolute Gasteiger partial charge is 0.493 e. The second-order valence-corrected chi connectivity index (χ2v) is 7.80. The van der Waals surface area contributed by atoms with E-state index in [-0.39, 0.29) is 11.7 Å². The quantitative estimate of drug-likeness (QED) is 0.402. The van der Waals surface area contributed by atoms with E-state index < -0.39 is 0 Å². The van der Waals surface area contributed by atoms with Crippen LogP contribution in [0.2, 0.25) is 0 Å². The summed E-state index contributed by atoms with van der Waals surface area (Å²) >= 11 is 1.34. The van der Waals surface area contributed by atoms with Gasteiger partial charge in [-0.1, -0.05) is 23.9 Å². The third kappa shape index (κ3) is 5.16. The predicted octanol–water partition coefficient (Wildman–Crippen LogP) is 4.30. The van der Waals surface area contributed by atoms with Crippen molar-refractivity contribution in [1.29, 1.82) is 0 Å². The van der Waals surface area contributed by atoms with E-state index in [4.69, 9.17) is 9.47 Å². The first-order valence-corrected chi connectivity index (χ1v) is 10.7. The molecular formula is C23H22N4O3S. The topological polar surface area (TPSA) is 89.1 Å². The SMILES string of the molecule is COc1cc2nc(SCC(=O)Nc3ccc(Cc4ccncc4)cc3)[nH]c2cc1OC. The maximum Gasteiger partial charge on any atom is 0.234 e. The molecule has 0 aliphatic heterocycles. The number of rotatable bonds is 8. The maximum absolute atomic E-state index is 12.4. The minimum atomic E-state index is -0.0949. The molecule has 0 unspecified atom stereocenters. The Kier molecular flexibility index (Phi) is 6.37. The number of aromatic nitrogens is 3. The average molecular weight is 435 g/mol. The molecule has 0 fully saturated rings. The van der Waals surface area contributed by atoms with Crippen LogP contribution in [0.25, 0.3) is 11.0 Å². The number of fused-ring (bicyclic) bond motifs is 1. The molecular weight excluding hydrogens is 412 g/mol. The normalized spacial score (nSPS) is 10.8. The molecule has 0 atom stereocenters. The lowest BCUT2D eigenvalue weighted by Crippen LogP contribution is -2.14. The lowest BCUT2D eigenvalue weighted by Gasteiger charge is -2.06. The van der Waals surface area contributed by atoms with Gasteiger partial charge in [0, 0.05) is 30.2 Å². The first-order chi connectivity index (χ1) is 15.1. The van der Waals surface area contributed by atoms with E-state index in [1.165, 1.54) is 22.9 Å². The van der Waals surface area contributed by atoms with Crippen LogP contribution >= 0.6 is 11.8 Å². The molecule has 4 rings (SSSR count). The number of pyridine rings is 1. The van der Waals surface area contributed by atoms with E-state index in [1.807, 2.05) is 48.5 Å². The smallest absolute Gasteiger partial charge is 0.234 e. The summed E-state index contributed by atoms with van der Waals surface area (Å²) in [6.45, 7) is 0. The number of nitrogens with one attached hydrogen (secondary N) is 2. The number of carbonyl (C=O) groups is 1. The molecule has 2 aromatic heterocycles. The molecule has 0 saturated carbocycles. The fourth-order valence-corrected chi connectivity index (χ4v) is 3.84. The molecule has 0 radical (unpaired) electrons. The standard InChI is InChI=1S/C23H22N4O3S/c1-29-20-12-18-19(13-21(20)30-2)27-23(26-18)31-14-22(28)25-17-5-3-15(4-6-17)11-16-7-9-24-10-8-16/h3-10,12-13H,11,14H2,1-2H3,(H,25,28)(H,26,27). The van der Waals surface area contributed by atoms with Crippen molar-refractivity contribution in [2.45, 2.75) is 11.6 Å². The van der Waals surface area contributed by atoms with Crippen molar-refractivity contribution in [1.82, 2.24) is 15.0 Å². The summed E-state index contributed by atoms with van der Waals surface area (Å²) in [6.07, 6.45) is 4.40. The lowest BCUT2D eigenvalue weighted by molar-refractivity contribution is -0.113. The van der Waals surface area contributed by atoms with Gasteiger partial charge in [0.1, 0.15) is 0 Å². The van der Waals surface area contributed by atoms with Gasteiger partial charge in [0.2, 0.25) is 5.91 Å². The second kappa shape index (κ2) is 9.53. The highest BCUT2D eigenvalue weighted by molar-refractivity contribution is 7.99. The molecule has 1 amide bonds. The molecule has 31 heavy (non-hydrogen) atoms. The van der Waals surface area contributed by atoms with Gasteiger partial charge in [-0.15, -0.1) is 0 Å². The zero-order chi connectivity index (χ0) is 21.6. The number of carbonyl (C=O) groups excluding carboxylic acids is 1. The van der Waals surface area contributed by atoms with E-state index in [1.54, 1.807) is 26.6 Å². The van der Waals surface area contributed by atoms with Crippen molar-refractivity contribution in [3.63, 3.8) is 0 Å².